The van der Waals surface area contributed by atoms with Crippen molar-refractivity contribution in [3.8, 4) is 0 Å². The molecule has 1 N–H and O–H groups in total. The van der Waals surface area contributed by atoms with Gasteiger partial charge in [-0.15, -0.1) is 0 Å². The maximum atomic E-state index is 5.17. The zero-order chi connectivity index (χ0) is 16.4. The van der Waals surface area contributed by atoms with E-state index in [1.165, 1.54) is 17.4 Å². The molecule has 6 heteroatoms. The van der Waals surface area contributed by atoms with Gasteiger partial charge < -0.3 is 4.52 Å². The Bertz CT molecular complexity index is 808. The van der Waals surface area contributed by atoms with Crippen molar-refractivity contribution < 1.29 is 4.52 Å². The van der Waals surface area contributed by atoms with Crippen molar-refractivity contribution in [2.75, 3.05) is 26.2 Å². The van der Waals surface area contributed by atoms with E-state index < -0.39 is 0 Å². The fraction of sp³-hybridized carbons (Fsp3) is 0.444. The average molecular weight is 325 g/mol. The third kappa shape index (κ3) is 3.34. The number of rotatable bonds is 4. The molecule has 6 nitrogen and oxygen atoms in total. The summed E-state index contributed by atoms with van der Waals surface area (Å²) >= 11 is 0. The van der Waals surface area contributed by atoms with Crippen molar-refractivity contribution in [2.45, 2.75) is 26.4 Å². The predicted molar refractivity (Wildman–Crippen MR) is 92.5 cm³/mol. The number of aromatic amines is 1. The van der Waals surface area contributed by atoms with Crippen LogP contribution in [0.25, 0.3) is 10.9 Å². The smallest absolute Gasteiger partial charge is 0.133 e. The van der Waals surface area contributed by atoms with Crippen LogP contribution in [0.15, 0.2) is 35.0 Å². The first-order valence-corrected chi connectivity index (χ1v) is 8.56. The minimum Gasteiger partial charge on any atom is -0.361 e. The predicted octanol–water partition coefficient (Wildman–Crippen LogP) is 2.57. The summed E-state index contributed by atoms with van der Waals surface area (Å²) in [7, 11) is 0. The lowest BCUT2D eigenvalue weighted by Crippen LogP contribution is -2.30. The summed E-state index contributed by atoms with van der Waals surface area (Å²) in [6.07, 6.45) is 3.07. The topological polar surface area (TPSA) is 61.2 Å². The Kier molecular flexibility index (Phi) is 4.32. The van der Waals surface area contributed by atoms with Gasteiger partial charge >= 0.3 is 0 Å². The molecule has 0 unspecified atom stereocenters. The summed E-state index contributed by atoms with van der Waals surface area (Å²) < 4.78 is 5.17. The van der Waals surface area contributed by atoms with Crippen LogP contribution < -0.4 is 0 Å². The van der Waals surface area contributed by atoms with Gasteiger partial charge in [0, 0.05) is 37.6 Å². The van der Waals surface area contributed by atoms with Crippen LogP contribution in [0.2, 0.25) is 0 Å². The van der Waals surface area contributed by atoms with Gasteiger partial charge in [-0.1, -0.05) is 23.4 Å². The van der Waals surface area contributed by atoms with Crippen LogP contribution in [0.3, 0.4) is 0 Å². The Morgan fingerprint density at radius 3 is 2.75 bits per heavy atom. The van der Waals surface area contributed by atoms with E-state index in [2.05, 4.69) is 43.4 Å². The van der Waals surface area contributed by atoms with Gasteiger partial charge in [-0.2, -0.15) is 5.10 Å². The molecule has 0 amide bonds. The molecule has 0 atom stereocenters. The molecule has 1 fully saturated rings. The lowest BCUT2D eigenvalue weighted by Gasteiger charge is -2.21. The van der Waals surface area contributed by atoms with Crippen molar-refractivity contribution in [1.29, 1.82) is 0 Å². The third-order valence-corrected chi connectivity index (χ3v) is 4.70. The summed E-state index contributed by atoms with van der Waals surface area (Å²) in [5, 5.41) is 12.6. The van der Waals surface area contributed by atoms with E-state index in [0.717, 1.165) is 56.2 Å². The molecule has 0 saturated carbocycles. The highest BCUT2D eigenvalue weighted by Gasteiger charge is 2.17. The highest BCUT2D eigenvalue weighted by molar-refractivity contribution is 5.81. The van der Waals surface area contributed by atoms with E-state index >= 15 is 0 Å². The molecule has 1 aliphatic rings. The SMILES string of the molecule is Cc1cc(CN2CCCN(Cc3cccc4cn[nH]c34)CC2)no1. The van der Waals surface area contributed by atoms with Gasteiger partial charge in [0.25, 0.3) is 0 Å². The van der Waals surface area contributed by atoms with Crippen LogP contribution in [0.5, 0.6) is 0 Å². The van der Waals surface area contributed by atoms with Gasteiger partial charge in [0.1, 0.15) is 5.76 Å². The molecule has 1 aliphatic heterocycles. The number of H-pyrrole nitrogens is 1. The monoisotopic (exact) mass is 325 g/mol. The summed E-state index contributed by atoms with van der Waals surface area (Å²) in [5.41, 5.74) is 3.52. The van der Waals surface area contributed by atoms with E-state index in [9.17, 15) is 0 Å². The fourth-order valence-electron chi connectivity index (χ4n) is 3.47. The summed E-state index contributed by atoms with van der Waals surface area (Å²) in [5.74, 6) is 0.883. The maximum absolute atomic E-state index is 5.17. The quantitative estimate of drug-likeness (QED) is 0.799. The summed E-state index contributed by atoms with van der Waals surface area (Å²) in [6, 6.07) is 8.44. The van der Waals surface area contributed by atoms with E-state index in [-0.39, 0.29) is 0 Å². The second-order valence-electron chi connectivity index (χ2n) is 6.59. The average Bonchev–Trinajstić information content (AvgIpc) is 3.15. The van der Waals surface area contributed by atoms with Crippen LogP contribution >= 0.6 is 0 Å². The molecule has 24 heavy (non-hydrogen) atoms. The number of hydrogen-bond acceptors (Lipinski definition) is 5. The molecule has 0 aliphatic carbocycles. The zero-order valence-electron chi connectivity index (χ0n) is 14.0. The van der Waals surface area contributed by atoms with Gasteiger partial charge in [0.2, 0.25) is 0 Å². The van der Waals surface area contributed by atoms with Crippen LogP contribution in [0.1, 0.15) is 23.4 Å². The second kappa shape index (κ2) is 6.75. The van der Waals surface area contributed by atoms with E-state index in [1.54, 1.807) is 0 Å². The number of nitrogens with one attached hydrogen (secondary N) is 1. The molecule has 4 rings (SSSR count). The van der Waals surface area contributed by atoms with Crippen molar-refractivity contribution in [3.63, 3.8) is 0 Å². The van der Waals surface area contributed by atoms with Crippen LogP contribution in [-0.2, 0) is 13.1 Å². The normalized spacial score (nSPS) is 17.4. The number of fused-ring (bicyclic) bond motifs is 1. The third-order valence-electron chi connectivity index (χ3n) is 4.70. The molecule has 0 bridgehead atoms. The second-order valence-corrected chi connectivity index (χ2v) is 6.59. The number of benzene rings is 1. The number of para-hydroxylation sites is 1. The molecule has 3 heterocycles. The Hall–Kier alpha value is -2.18. The maximum Gasteiger partial charge on any atom is 0.133 e. The largest absolute Gasteiger partial charge is 0.361 e. The molecule has 3 aromatic rings. The first-order chi connectivity index (χ1) is 11.8. The Morgan fingerprint density at radius 2 is 1.96 bits per heavy atom. The molecule has 126 valence electrons. The molecule has 0 spiro atoms. The lowest BCUT2D eigenvalue weighted by molar-refractivity contribution is 0.242. The number of hydrogen-bond donors (Lipinski definition) is 1. The first kappa shape index (κ1) is 15.4. The van der Waals surface area contributed by atoms with Crippen LogP contribution in [-0.4, -0.2) is 51.3 Å². The summed E-state index contributed by atoms with van der Waals surface area (Å²) in [4.78, 5) is 5.00. The van der Waals surface area contributed by atoms with Crippen LogP contribution in [0.4, 0.5) is 0 Å². The van der Waals surface area contributed by atoms with Gasteiger partial charge in [0.15, 0.2) is 0 Å². The minimum absolute atomic E-state index is 0.876. The Morgan fingerprint density at radius 1 is 1.12 bits per heavy atom. The van der Waals surface area contributed by atoms with E-state index in [0.29, 0.717) is 0 Å². The summed E-state index contributed by atoms with van der Waals surface area (Å²) in [6.45, 7) is 8.15. The highest BCUT2D eigenvalue weighted by atomic mass is 16.5. The van der Waals surface area contributed by atoms with E-state index in [4.69, 9.17) is 4.52 Å². The van der Waals surface area contributed by atoms with Crippen molar-refractivity contribution >= 4 is 10.9 Å². The standard InChI is InChI=1S/C18H23N5O/c1-14-10-17(21-24-14)13-23-7-3-6-22(8-9-23)12-16-5-2-4-15-11-19-20-18(15)16/h2,4-5,10-11H,3,6-9,12-13H2,1H3,(H,19,20). The molecule has 0 radical (unpaired) electrons. The minimum atomic E-state index is 0.876. The zero-order valence-corrected chi connectivity index (χ0v) is 14.0. The molecular weight excluding hydrogens is 302 g/mol. The van der Waals surface area contributed by atoms with Gasteiger partial charge in [-0.3, -0.25) is 14.9 Å². The molecule has 1 aromatic carbocycles. The van der Waals surface area contributed by atoms with Crippen LogP contribution in [0, 0.1) is 6.92 Å². The van der Waals surface area contributed by atoms with Gasteiger partial charge in [-0.05, 0) is 32.0 Å². The Labute approximate surface area is 141 Å². The number of nitrogens with zero attached hydrogens (tertiary/aromatic N) is 4. The van der Waals surface area contributed by atoms with Crippen molar-refractivity contribution in [3.05, 3.63) is 47.5 Å². The molecular formula is C18H23N5O. The number of aromatic nitrogens is 3. The van der Waals surface area contributed by atoms with Gasteiger partial charge in [-0.25, -0.2) is 0 Å². The van der Waals surface area contributed by atoms with E-state index in [1.807, 2.05) is 19.2 Å². The fourth-order valence-corrected chi connectivity index (χ4v) is 3.47. The highest BCUT2D eigenvalue weighted by Crippen LogP contribution is 2.18. The Balaban J connectivity index is 1.39. The molecule has 2 aromatic heterocycles. The van der Waals surface area contributed by atoms with Gasteiger partial charge in [0.05, 0.1) is 17.4 Å². The molecule has 1 saturated heterocycles. The lowest BCUT2D eigenvalue weighted by atomic mass is 10.1. The van der Waals surface area contributed by atoms with Crippen molar-refractivity contribution in [1.82, 2.24) is 25.2 Å². The van der Waals surface area contributed by atoms with Crippen molar-refractivity contribution in [2.24, 2.45) is 0 Å². The number of aryl methyl sites for hydroxylation is 1. The first-order valence-electron chi connectivity index (χ1n) is 8.56.